The Morgan fingerprint density at radius 1 is 1.41 bits per heavy atom. The SMILES string of the molecule is CC(CCN)C(=O)N(CCO)C1CCCCC1. The highest BCUT2D eigenvalue weighted by molar-refractivity contribution is 5.78. The standard InChI is InChI=1S/C13H26N2O2/c1-11(7-8-14)13(17)15(9-10-16)12-5-3-2-4-6-12/h11-12,16H,2-10,14H2,1H3. The molecule has 0 bridgehead atoms. The van der Waals surface area contributed by atoms with Gasteiger partial charge in [-0.2, -0.15) is 0 Å². The molecule has 1 unspecified atom stereocenters. The Morgan fingerprint density at radius 2 is 2.06 bits per heavy atom. The molecule has 1 saturated carbocycles. The molecule has 0 aliphatic heterocycles. The van der Waals surface area contributed by atoms with E-state index in [9.17, 15) is 4.79 Å². The summed E-state index contributed by atoms with van der Waals surface area (Å²) in [6.07, 6.45) is 6.57. The number of aliphatic hydroxyl groups is 1. The van der Waals surface area contributed by atoms with Gasteiger partial charge in [-0.15, -0.1) is 0 Å². The Balaban J connectivity index is 2.59. The molecular weight excluding hydrogens is 216 g/mol. The van der Waals surface area contributed by atoms with Gasteiger partial charge in [-0.3, -0.25) is 4.79 Å². The molecule has 17 heavy (non-hydrogen) atoms. The average Bonchev–Trinajstić information content (AvgIpc) is 2.36. The summed E-state index contributed by atoms with van der Waals surface area (Å²) in [7, 11) is 0. The highest BCUT2D eigenvalue weighted by Gasteiger charge is 2.27. The molecule has 3 N–H and O–H groups in total. The number of nitrogens with two attached hydrogens (primary N) is 1. The highest BCUT2D eigenvalue weighted by atomic mass is 16.3. The molecule has 0 saturated heterocycles. The normalized spacial score (nSPS) is 19.0. The van der Waals surface area contributed by atoms with Crippen molar-refractivity contribution in [2.24, 2.45) is 11.7 Å². The maximum Gasteiger partial charge on any atom is 0.225 e. The van der Waals surface area contributed by atoms with Gasteiger partial charge in [0, 0.05) is 18.5 Å². The monoisotopic (exact) mass is 242 g/mol. The van der Waals surface area contributed by atoms with Crippen LogP contribution in [0, 0.1) is 5.92 Å². The van der Waals surface area contributed by atoms with Gasteiger partial charge in [0.25, 0.3) is 0 Å². The fourth-order valence-corrected chi connectivity index (χ4v) is 2.63. The lowest BCUT2D eigenvalue weighted by Gasteiger charge is -2.35. The lowest BCUT2D eigenvalue weighted by atomic mass is 9.93. The second-order valence-corrected chi connectivity index (χ2v) is 5.03. The van der Waals surface area contributed by atoms with Crippen LogP contribution >= 0.6 is 0 Å². The topological polar surface area (TPSA) is 66.6 Å². The minimum Gasteiger partial charge on any atom is -0.395 e. The van der Waals surface area contributed by atoms with E-state index in [0.717, 1.165) is 19.3 Å². The van der Waals surface area contributed by atoms with Crippen molar-refractivity contribution in [1.82, 2.24) is 4.90 Å². The first kappa shape index (κ1) is 14.5. The lowest BCUT2D eigenvalue weighted by molar-refractivity contribution is -0.138. The molecule has 1 atom stereocenters. The van der Waals surface area contributed by atoms with Crippen LogP contribution in [0.1, 0.15) is 45.4 Å². The Bertz CT molecular complexity index is 227. The molecule has 0 aromatic carbocycles. The number of amides is 1. The van der Waals surface area contributed by atoms with Crippen molar-refractivity contribution in [2.75, 3.05) is 19.7 Å². The number of carbonyl (C=O) groups excluding carboxylic acids is 1. The fourth-order valence-electron chi connectivity index (χ4n) is 2.63. The van der Waals surface area contributed by atoms with Crippen molar-refractivity contribution < 1.29 is 9.90 Å². The van der Waals surface area contributed by atoms with E-state index in [1.54, 1.807) is 0 Å². The molecule has 100 valence electrons. The smallest absolute Gasteiger partial charge is 0.225 e. The lowest BCUT2D eigenvalue weighted by Crippen LogP contribution is -2.45. The number of nitrogens with zero attached hydrogens (tertiary/aromatic N) is 1. The van der Waals surface area contributed by atoms with Gasteiger partial charge in [0.05, 0.1) is 6.61 Å². The zero-order valence-corrected chi connectivity index (χ0v) is 10.9. The molecule has 1 amide bonds. The maximum atomic E-state index is 12.3. The fraction of sp³-hybridized carbons (Fsp3) is 0.923. The summed E-state index contributed by atoms with van der Waals surface area (Å²) in [6, 6.07) is 0.337. The first-order valence-corrected chi connectivity index (χ1v) is 6.82. The molecule has 0 aromatic rings. The number of aliphatic hydroxyl groups excluding tert-OH is 1. The Morgan fingerprint density at radius 3 is 2.59 bits per heavy atom. The molecule has 1 fully saturated rings. The predicted octanol–water partition coefficient (Wildman–Crippen LogP) is 1.12. The van der Waals surface area contributed by atoms with E-state index in [2.05, 4.69) is 0 Å². The van der Waals surface area contributed by atoms with Crippen molar-refractivity contribution in [3.63, 3.8) is 0 Å². The first-order valence-electron chi connectivity index (χ1n) is 6.82. The molecule has 4 heteroatoms. The van der Waals surface area contributed by atoms with E-state index in [1.807, 2.05) is 11.8 Å². The summed E-state index contributed by atoms with van der Waals surface area (Å²) in [5.41, 5.74) is 5.50. The largest absolute Gasteiger partial charge is 0.395 e. The molecule has 0 radical (unpaired) electrons. The first-order chi connectivity index (χ1) is 8.20. The predicted molar refractivity (Wildman–Crippen MR) is 68.5 cm³/mol. The molecule has 1 aliphatic carbocycles. The number of rotatable bonds is 6. The minimum absolute atomic E-state index is 0.0199. The van der Waals surface area contributed by atoms with Gasteiger partial charge in [-0.25, -0.2) is 0 Å². The van der Waals surface area contributed by atoms with Gasteiger partial charge in [0.15, 0.2) is 0 Å². The Labute approximate surface area is 104 Å². The minimum atomic E-state index is -0.0199. The third-order valence-corrected chi connectivity index (χ3v) is 3.66. The number of carbonyl (C=O) groups is 1. The van der Waals surface area contributed by atoms with E-state index in [-0.39, 0.29) is 18.4 Å². The third-order valence-electron chi connectivity index (χ3n) is 3.66. The van der Waals surface area contributed by atoms with Gasteiger partial charge < -0.3 is 15.7 Å². The maximum absolute atomic E-state index is 12.3. The van der Waals surface area contributed by atoms with Gasteiger partial charge in [-0.1, -0.05) is 26.2 Å². The second-order valence-electron chi connectivity index (χ2n) is 5.03. The van der Waals surface area contributed by atoms with Gasteiger partial charge in [-0.05, 0) is 25.8 Å². The van der Waals surface area contributed by atoms with E-state index in [0.29, 0.717) is 19.1 Å². The summed E-state index contributed by atoms with van der Waals surface area (Å²) >= 11 is 0. The molecule has 1 rings (SSSR count). The molecule has 4 nitrogen and oxygen atoms in total. The second kappa shape index (κ2) is 7.67. The Kier molecular flexibility index (Phi) is 6.52. The molecule has 0 heterocycles. The van der Waals surface area contributed by atoms with Crippen LogP contribution in [0.2, 0.25) is 0 Å². The average molecular weight is 242 g/mol. The van der Waals surface area contributed by atoms with Crippen LogP contribution in [0.25, 0.3) is 0 Å². The van der Waals surface area contributed by atoms with Crippen LogP contribution < -0.4 is 5.73 Å². The molecule has 1 aliphatic rings. The summed E-state index contributed by atoms with van der Waals surface area (Å²) in [5.74, 6) is 0.143. The summed E-state index contributed by atoms with van der Waals surface area (Å²) in [5, 5.41) is 9.11. The Hall–Kier alpha value is -0.610. The molecule has 0 aromatic heterocycles. The molecule has 0 spiro atoms. The van der Waals surface area contributed by atoms with Crippen LogP contribution in [0.4, 0.5) is 0 Å². The van der Waals surface area contributed by atoms with Crippen LogP contribution in [0.5, 0.6) is 0 Å². The van der Waals surface area contributed by atoms with Crippen molar-refractivity contribution in [3.8, 4) is 0 Å². The third kappa shape index (κ3) is 4.28. The number of hydrogen-bond donors (Lipinski definition) is 2. The van der Waals surface area contributed by atoms with E-state index in [1.165, 1.54) is 19.3 Å². The zero-order chi connectivity index (χ0) is 12.7. The van der Waals surface area contributed by atoms with Crippen molar-refractivity contribution in [2.45, 2.75) is 51.5 Å². The summed E-state index contributed by atoms with van der Waals surface area (Å²) < 4.78 is 0. The van der Waals surface area contributed by atoms with Crippen LogP contribution in [-0.2, 0) is 4.79 Å². The number of hydrogen-bond acceptors (Lipinski definition) is 3. The van der Waals surface area contributed by atoms with Gasteiger partial charge in [0.1, 0.15) is 0 Å². The van der Waals surface area contributed by atoms with Crippen molar-refractivity contribution in [3.05, 3.63) is 0 Å². The van der Waals surface area contributed by atoms with Crippen LogP contribution in [0.15, 0.2) is 0 Å². The van der Waals surface area contributed by atoms with Crippen LogP contribution in [-0.4, -0.2) is 41.7 Å². The summed E-state index contributed by atoms with van der Waals surface area (Å²) in [4.78, 5) is 14.2. The van der Waals surface area contributed by atoms with E-state index < -0.39 is 0 Å². The van der Waals surface area contributed by atoms with E-state index in [4.69, 9.17) is 10.8 Å². The highest BCUT2D eigenvalue weighted by Crippen LogP contribution is 2.24. The van der Waals surface area contributed by atoms with Crippen LogP contribution in [0.3, 0.4) is 0 Å². The molecular formula is C13H26N2O2. The van der Waals surface area contributed by atoms with Crippen molar-refractivity contribution >= 4 is 5.91 Å². The van der Waals surface area contributed by atoms with E-state index >= 15 is 0 Å². The summed E-state index contributed by atoms with van der Waals surface area (Å²) in [6.45, 7) is 3.00. The zero-order valence-electron chi connectivity index (χ0n) is 10.9. The quantitative estimate of drug-likeness (QED) is 0.733. The van der Waals surface area contributed by atoms with Crippen molar-refractivity contribution in [1.29, 1.82) is 0 Å². The van der Waals surface area contributed by atoms with Gasteiger partial charge in [0.2, 0.25) is 5.91 Å². The van der Waals surface area contributed by atoms with Gasteiger partial charge >= 0.3 is 0 Å².